The zero-order valence-corrected chi connectivity index (χ0v) is 15.6. The van der Waals surface area contributed by atoms with Gasteiger partial charge >= 0.3 is 0 Å². The molecular formula is C17H24N4O3S. The van der Waals surface area contributed by atoms with Crippen molar-refractivity contribution in [3.63, 3.8) is 0 Å². The van der Waals surface area contributed by atoms with Crippen LogP contribution in [0.4, 0.5) is 5.69 Å². The SMILES string of the molecule is CC(C)(C)Nc1ccc(-c2noc(CC3CCCS(=O)(=O)C3)n2)nc1. The average molecular weight is 364 g/mol. The topological polar surface area (TPSA) is 98.0 Å². The molecule has 7 nitrogen and oxygen atoms in total. The van der Waals surface area contributed by atoms with Gasteiger partial charge in [0.2, 0.25) is 11.7 Å². The fourth-order valence-electron chi connectivity index (χ4n) is 3.00. The molecular weight excluding hydrogens is 340 g/mol. The predicted molar refractivity (Wildman–Crippen MR) is 96.0 cm³/mol. The van der Waals surface area contributed by atoms with E-state index in [1.807, 2.05) is 12.1 Å². The van der Waals surface area contributed by atoms with Gasteiger partial charge in [0, 0.05) is 12.0 Å². The Morgan fingerprint density at radius 2 is 2.12 bits per heavy atom. The van der Waals surface area contributed by atoms with Crippen LogP contribution in [0, 0.1) is 5.92 Å². The number of aromatic nitrogens is 3. The molecule has 3 rings (SSSR count). The highest BCUT2D eigenvalue weighted by Crippen LogP contribution is 2.23. The molecule has 2 aromatic rings. The standard InChI is InChI=1S/C17H24N4O3S/c1-17(2,3)20-13-6-7-14(18-10-13)16-19-15(24-21-16)9-12-5-4-8-25(22,23)11-12/h6-7,10,12,20H,4-5,8-9,11H2,1-3H3. The molecule has 8 heteroatoms. The molecule has 0 spiro atoms. The first kappa shape index (κ1) is 17.8. The Kier molecular flexibility index (Phi) is 4.81. The molecule has 1 fully saturated rings. The molecule has 136 valence electrons. The number of hydrogen-bond acceptors (Lipinski definition) is 7. The van der Waals surface area contributed by atoms with Gasteiger partial charge in [-0.05, 0) is 51.7 Å². The van der Waals surface area contributed by atoms with Crippen LogP contribution in [0.2, 0.25) is 0 Å². The van der Waals surface area contributed by atoms with Crippen molar-refractivity contribution in [2.75, 3.05) is 16.8 Å². The molecule has 0 radical (unpaired) electrons. The maximum Gasteiger partial charge on any atom is 0.227 e. The molecule has 1 N–H and O–H groups in total. The van der Waals surface area contributed by atoms with Gasteiger partial charge in [-0.1, -0.05) is 5.16 Å². The van der Waals surface area contributed by atoms with Crippen LogP contribution in [-0.4, -0.2) is 40.6 Å². The highest BCUT2D eigenvalue weighted by Gasteiger charge is 2.26. The first-order valence-electron chi connectivity index (χ1n) is 8.48. The van der Waals surface area contributed by atoms with Crippen molar-refractivity contribution < 1.29 is 12.9 Å². The average Bonchev–Trinajstić information content (AvgIpc) is 2.94. The molecule has 1 saturated heterocycles. The van der Waals surface area contributed by atoms with E-state index in [0.29, 0.717) is 30.3 Å². The minimum absolute atomic E-state index is 0.0388. The molecule has 0 aliphatic carbocycles. The second kappa shape index (κ2) is 6.74. The summed E-state index contributed by atoms with van der Waals surface area (Å²) in [6.45, 7) is 6.24. The zero-order valence-electron chi connectivity index (χ0n) is 14.8. The molecule has 3 heterocycles. The Balaban J connectivity index is 1.67. The third-order valence-corrected chi connectivity index (χ3v) is 5.89. The van der Waals surface area contributed by atoms with Crippen LogP contribution in [0.5, 0.6) is 0 Å². The number of hydrogen-bond donors (Lipinski definition) is 1. The lowest BCUT2D eigenvalue weighted by Crippen LogP contribution is -2.26. The van der Waals surface area contributed by atoms with Crippen LogP contribution in [0.25, 0.3) is 11.5 Å². The van der Waals surface area contributed by atoms with E-state index in [4.69, 9.17) is 4.52 Å². The van der Waals surface area contributed by atoms with Crippen molar-refractivity contribution in [3.05, 3.63) is 24.2 Å². The van der Waals surface area contributed by atoms with Gasteiger partial charge in [-0.2, -0.15) is 4.98 Å². The van der Waals surface area contributed by atoms with Crippen molar-refractivity contribution in [3.8, 4) is 11.5 Å². The van der Waals surface area contributed by atoms with E-state index < -0.39 is 9.84 Å². The van der Waals surface area contributed by atoms with Crippen molar-refractivity contribution >= 4 is 15.5 Å². The van der Waals surface area contributed by atoms with Crippen LogP contribution in [0.3, 0.4) is 0 Å². The quantitative estimate of drug-likeness (QED) is 0.890. The summed E-state index contributed by atoms with van der Waals surface area (Å²) in [6, 6.07) is 3.77. The third kappa shape index (κ3) is 5.01. The number of sulfone groups is 1. The Morgan fingerprint density at radius 1 is 1.32 bits per heavy atom. The molecule has 0 saturated carbocycles. The Morgan fingerprint density at radius 3 is 2.76 bits per heavy atom. The number of rotatable bonds is 4. The van der Waals surface area contributed by atoms with E-state index in [1.54, 1.807) is 6.20 Å². The minimum atomic E-state index is -2.93. The van der Waals surface area contributed by atoms with E-state index in [-0.39, 0.29) is 23.0 Å². The van der Waals surface area contributed by atoms with Gasteiger partial charge in [0.15, 0.2) is 9.84 Å². The number of pyridine rings is 1. The maximum absolute atomic E-state index is 11.7. The molecule has 0 bridgehead atoms. The van der Waals surface area contributed by atoms with Crippen molar-refractivity contribution in [2.24, 2.45) is 5.92 Å². The van der Waals surface area contributed by atoms with Crippen LogP contribution in [-0.2, 0) is 16.3 Å². The molecule has 1 atom stereocenters. The Bertz CT molecular complexity index is 822. The van der Waals surface area contributed by atoms with Gasteiger partial charge in [-0.15, -0.1) is 0 Å². The fraction of sp³-hybridized carbons (Fsp3) is 0.588. The van der Waals surface area contributed by atoms with Gasteiger partial charge < -0.3 is 9.84 Å². The first-order chi connectivity index (χ1) is 11.7. The van der Waals surface area contributed by atoms with Crippen LogP contribution in [0.15, 0.2) is 22.9 Å². The van der Waals surface area contributed by atoms with Gasteiger partial charge in [-0.3, -0.25) is 4.98 Å². The van der Waals surface area contributed by atoms with Gasteiger partial charge in [-0.25, -0.2) is 8.42 Å². The van der Waals surface area contributed by atoms with Gasteiger partial charge in [0.1, 0.15) is 5.69 Å². The fourth-order valence-corrected chi connectivity index (χ4v) is 4.78. The lowest BCUT2D eigenvalue weighted by molar-refractivity contribution is 0.350. The van der Waals surface area contributed by atoms with E-state index in [1.165, 1.54) is 0 Å². The summed E-state index contributed by atoms with van der Waals surface area (Å²) in [5, 5.41) is 7.32. The van der Waals surface area contributed by atoms with Crippen molar-refractivity contribution in [2.45, 2.75) is 45.6 Å². The molecule has 2 aromatic heterocycles. The summed E-state index contributed by atoms with van der Waals surface area (Å²) in [5.41, 5.74) is 1.51. The minimum Gasteiger partial charge on any atom is -0.379 e. The van der Waals surface area contributed by atoms with Crippen molar-refractivity contribution in [1.82, 2.24) is 15.1 Å². The molecule has 25 heavy (non-hydrogen) atoms. The highest BCUT2D eigenvalue weighted by molar-refractivity contribution is 7.91. The summed E-state index contributed by atoms with van der Waals surface area (Å²) in [4.78, 5) is 8.74. The highest BCUT2D eigenvalue weighted by atomic mass is 32.2. The van der Waals surface area contributed by atoms with E-state index in [9.17, 15) is 8.42 Å². The van der Waals surface area contributed by atoms with Crippen LogP contribution in [0.1, 0.15) is 39.5 Å². The number of nitrogens with zero attached hydrogens (tertiary/aromatic N) is 3. The van der Waals surface area contributed by atoms with E-state index >= 15 is 0 Å². The molecule has 1 unspecified atom stereocenters. The van der Waals surface area contributed by atoms with Gasteiger partial charge in [0.25, 0.3) is 0 Å². The van der Waals surface area contributed by atoms with Crippen LogP contribution < -0.4 is 5.32 Å². The second-order valence-electron chi connectivity index (χ2n) is 7.65. The summed E-state index contributed by atoms with van der Waals surface area (Å²) < 4.78 is 28.7. The smallest absolute Gasteiger partial charge is 0.227 e. The van der Waals surface area contributed by atoms with Crippen LogP contribution >= 0.6 is 0 Å². The summed E-state index contributed by atoms with van der Waals surface area (Å²) in [5.74, 6) is 1.44. The molecule has 1 aliphatic heterocycles. The van der Waals surface area contributed by atoms with Crippen molar-refractivity contribution in [1.29, 1.82) is 0 Å². The maximum atomic E-state index is 11.7. The number of anilines is 1. The Labute approximate surface area is 148 Å². The van der Waals surface area contributed by atoms with Gasteiger partial charge in [0.05, 0.1) is 23.4 Å². The summed E-state index contributed by atoms with van der Waals surface area (Å²) in [6.07, 6.45) is 3.82. The summed E-state index contributed by atoms with van der Waals surface area (Å²) in [7, 11) is -2.93. The predicted octanol–water partition coefficient (Wildman–Crippen LogP) is 2.71. The zero-order chi connectivity index (χ0) is 18.1. The molecule has 0 amide bonds. The molecule has 0 aromatic carbocycles. The second-order valence-corrected chi connectivity index (χ2v) is 9.87. The molecule has 1 aliphatic rings. The first-order valence-corrected chi connectivity index (χ1v) is 10.3. The largest absolute Gasteiger partial charge is 0.379 e. The monoisotopic (exact) mass is 364 g/mol. The number of nitrogens with one attached hydrogen (secondary N) is 1. The lowest BCUT2D eigenvalue weighted by Gasteiger charge is -2.21. The Hall–Kier alpha value is -1.96. The lowest BCUT2D eigenvalue weighted by atomic mass is 10.0. The van der Waals surface area contributed by atoms with E-state index in [0.717, 1.165) is 12.1 Å². The third-order valence-electron chi connectivity index (χ3n) is 4.00. The van der Waals surface area contributed by atoms with E-state index in [2.05, 4.69) is 41.2 Å². The normalized spacial score (nSPS) is 20.4. The summed E-state index contributed by atoms with van der Waals surface area (Å²) >= 11 is 0.